The maximum Gasteiger partial charge on any atom is 0.307 e. The van der Waals surface area contributed by atoms with Crippen molar-refractivity contribution in [1.29, 1.82) is 0 Å². The molecule has 0 spiro atoms. The SMILES string of the molecule is CCOC(=O)CCN1CCNCC1.Cl. The third-order valence-corrected chi connectivity index (χ3v) is 2.15. The first-order valence-corrected chi connectivity index (χ1v) is 4.91. The Morgan fingerprint density at radius 2 is 2.07 bits per heavy atom. The molecule has 1 fully saturated rings. The average Bonchev–Trinajstić information content (AvgIpc) is 2.17. The molecular weight excluding hydrogens is 204 g/mol. The Hall–Kier alpha value is -0.320. The van der Waals surface area contributed by atoms with Gasteiger partial charge in [-0.15, -0.1) is 12.4 Å². The van der Waals surface area contributed by atoms with Crippen molar-refractivity contribution in [3.8, 4) is 0 Å². The standard InChI is InChI=1S/C9H18N2O2.ClH/c1-2-13-9(12)3-6-11-7-4-10-5-8-11;/h10H,2-8H2,1H3;1H. The molecular formula is C9H19ClN2O2. The van der Waals surface area contributed by atoms with Crippen LogP contribution in [0.2, 0.25) is 0 Å². The number of rotatable bonds is 4. The van der Waals surface area contributed by atoms with Gasteiger partial charge in [0, 0.05) is 32.7 Å². The number of carbonyl (C=O) groups excluding carboxylic acids is 1. The highest BCUT2D eigenvalue weighted by Gasteiger charge is 2.11. The molecule has 0 unspecified atom stereocenters. The van der Waals surface area contributed by atoms with Crippen molar-refractivity contribution in [2.24, 2.45) is 0 Å². The van der Waals surface area contributed by atoms with Gasteiger partial charge in [-0.1, -0.05) is 0 Å². The molecule has 5 heteroatoms. The van der Waals surface area contributed by atoms with E-state index in [0.29, 0.717) is 13.0 Å². The molecule has 0 aromatic heterocycles. The summed E-state index contributed by atoms with van der Waals surface area (Å²) >= 11 is 0. The molecule has 0 saturated carbocycles. The van der Waals surface area contributed by atoms with E-state index in [1.807, 2.05) is 6.92 Å². The van der Waals surface area contributed by atoms with E-state index in [4.69, 9.17) is 4.74 Å². The number of hydrogen-bond donors (Lipinski definition) is 1. The second-order valence-corrected chi connectivity index (χ2v) is 3.15. The number of nitrogens with one attached hydrogen (secondary N) is 1. The van der Waals surface area contributed by atoms with E-state index in [-0.39, 0.29) is 18.4 Å². The Labute approximate surface area is 91.4 Å². The van der Waals surface area contributed by atoms with Crippen LogP contribution in [0.4, 0.5) is 0 Å². The van der Waals surface area contributed by atoms with E-state index in [2.05, 4.69) is 10.2 Å². The molecule has 14 heavy (non-hydrogen) atoms. The quantitative estimate of drug-likeness (QED) is 0.694. The molecule has 0 amide bonds. The zero-order valence-electron chi connectivity index (χ0n) is 8.62. The summed E-state index contributed by atoms with van der Waals surface area (Å²) in [5, 5.41) is 3.27. The highest BCUT2D eigenvalue weighted by molar-refractivity contribution is 5.85. The van der Waals surface area contributed by atoms with Crippen molar-refractivity contribution in [2.75, 3.05) is 39.3 Å². The lowest BCUT2D eigenvalue weighted by molar-refractivity contribution is -0.143. The molecule has 1 aliphatic rings. The van der Waals surface area contributed by atoms with Crippen LogP contribution in [-0.4, -0.2) is 50.2 Å². The molecule has 1 saturated heterocycles. The van der Waals surface area contributed by atoms with Crippen molar-refractivity contribution in [3.63, 3.8) is 0 Å². The second kappa shape index (κ2) is 8.03. The van der Waals surface area contributed by atoms with Gasteiger partial charge in [0.1, 0.15) is 0 Å². The minimum Gasteiger partial charge on any atom is -0.466 e. The van der Waals surface area contributed by atoms with Gasteiger partial charge in [0.15, 0.2) is 0 Å². The summed E-state index contributed by atoms with van der Waals surface area (Å²) in [5.74, 6) is -0.0824. The third kappa shape index (κ3) is 5.42. The number of piperazine rings is 1. The van der Waals surface area contributed by atoms with Crippen LogP contribution in [0.5, 0.6) is 0 Å². The number of esters is 1. The summed E-state index contributed by atoms with van der Waals surface area (Å²) in [4.78, 5) is 13.3. The predicted molar refractivity (Wildman–Crippen MR) is 57.8 cm³/mol. The molecule has 0 aromatic rings. The van der Waals surface area contributed by atoms with Crippen molar-refractivity contribution in [2.45, 2.75) is 13.3 Å². The maximum absolute atomic E-state index is 11.0. The average molecular weight is 223 g/mol. The summed E-state index contributed by atoms with van der Waals surface area (Å²) in [5.41, 5.74) is 0. The third-order valence-electron chi connectivity index (χ3n) is 2.15. The van der Waals surface area contributed by atoms with E-state index in [1.165, 1.54) is 0 Å². The molecule has 1 N–H and O–H groups in total. The number of nitrogens with zero attached hydrogens (tertiary/aromatic N) is 1. The first-order valence-electron chi connectivity index (χ1n) is 4.91. The van der Waals surface area contributed by atoms with Gasteiger partial charge in [0.05, 0.1) is 13.0 Å². The van der Waals surface area contributed by atoms with E-state index in [0.717, 1.165) is 32.7 Å². The van der Waals surface area contributed by atoms with Crippen LogP contribution in [0.3, 0.4) is 0 Å². The van der Waals surface area contributed by atoms with Crippen molar-refractivity contribution in [1.82, 2.24) is 10.2 Å². The van der Waals surface area contributed by atoms with Crippen molar-refractivity contribution >= 4 is 18.4 Å². The molecule has 0 aromatic carbocycles. The molecule has 1 heterocycles. The smallest absolute Gasteiger partial charge is 0.307 e. The molecule has 0 aliphatic carbocycles. The second-order valence-electron chi connectivity index (χ2n) is 3.15. The first kappa shape index (κ1) is 13.7. The maximum atomic E-state index is 11.0. The molecule has 1 aliphatic heterocycles. The molecule has 0 radical (unpaired) electrons. The van der Waals surface area contributed by atoms with Gasteiger partial charge in [0.25, 0.3) is 0 Å². The summed E-state index contributed by atoms with van der Waals surface area (Å²) in [7, 11) is 0. The van der Waals surface area contributed by atoms with Gasteiger partial charge < -0.3 is 15.0 Å². The monoisotopic (exact) mass is 222 g/mol. The van der Waals surface area contributed by atoms with Crippen LogP contribution in [0.15, 0.2) is 0 Å². The Morgan fingerprint density at radius 3 is 2.64 bits per heavy atom. The summed E-state index contributed by atoms with van der Waals surface area (Å²) in [6.45, 7) is 7.30. The van der Waals surface area contributed by atoms with Gasteiger partial charge in [-0.2, -0.15) is 0 Å². The molecule has 4 nitrogen and oxygen atoms in total. The van der Waals surface area contributed by atoms with Crippen LogP contribution in [0.1, 0.15) is 13.3 Å². The van der Waals surface area contributed by atoms with Crippen LogP contribution < -0.4 is 5.32 Å². The van der Waals surface area contributed by atoms with Gasteiger partial charge in [-0.25, -0.2) is 0 Å². The van der Waals surface area contributed by atoms with Gasteiger partial charge in [-0.3, -0.25) is 4.79 Å². The lowest BCUT2D eigenvalue weighted by Gasteiger charge is -2.26. The zero-order chi connectivity index (χ0) is 9.52. The van der Waals surface area contributed by atoms with Crippen LogP contribution in [0, 0.1) is 0 Å². The number of halogens is 1. The molecule has 1 rings (SSSR count). The Morgan fingerprint density at radius 1 is 1.43 bits per heavy atom. The van der Waals surface area contributed by atoms with Gasteiger partial charge in [0.2, 0.25) is 0 Å². The predicted octanol–water partition coefficient (Wildman–Crippen LogP) is 0.267. The largest absolute Gasteiger partial charge is 0.466 e. The van der Waals surface area contributed by atoms with Crippen LogP contribution >= 0.6 is 12.4 Å². The molecule has 84 valence electrons. The normalized spacial score (nSPS) is 17.2. The van der Waals surface area contributed by atoms with E-state index < -0.39 is 0 Å². The topological polar surface area (TPSA) is 41.6 Å². The van der Waals surface area contributed by atoms with Gasteiger partial charge >= 0.3 is 5.97 Å². The van der Waals surface area contributed by atoms with Gasteiger partial charge in [-0.05, 0) is 6.92 Å². The van der Waals surface area contributed by atoms with E-state index in [9.17, 15) is 4.79 Å². The summed E-state index contributed by atoms with van der Waals surface area (Å²) < 4.78 is 4.85. The Bertz CT molecular complexity index is 161. The number of hydrogen-bond acceptors (Lipinski definition) is 4. The Kier molecular flexibility index (Phi) is 7.84. The minimum atomic E-state index is -0.0824. The van der Waals surface area contributed by atoms with E-state index >= 15 is 0 Å². The fourth-order valence-electron chi connectivity index (χ4n) is 1.42. The highest BCUT2D eigenvalue weighted by Crippen LogP contribution is 1.95. The number of ether oxygens (including phenoxy) is 1. The lowest BCUT2D eigenvalue weighted by Crippen LogP contribution is -2.44. The fraction of sp³-hybridized carbons (Fsp3) is 0.889. The minimum absolute atomic E-state index is 0. The highest BCUT2D eigenvalue weighted by atomic mass is 35.5. The van der Waals surface area contributed by atoms with Crippen molar-refractivity contribution < 1.29 is 9.53 Å². The lowest BCUT2D eigenvalue weighted by atomic mass is 10.3. The fourth-order valence-corrected chi connectivity index (χ4v) is 1.42. The molecule has 0 atom stereocenters. The molecule has 0 bridgehead atoms. The summed E-state index contributed by atoms with van der Waals surface area (Å²) in [6.07, 6.45) is 0.522. The number of carbonyl (C=O) groups is 1. The first-order chi connectivity index (χ1) is 6.33. The zero-order valence-corrected chi connectivity index (χ0v) is 9.44. The summed E-state index contributed by atoms with van der Waals surface area (Å²) in [6, 6.07) is 0. The van der Waals surface area contributed by atoms with Crippen molar-refractivity contribution in [3.05, 3.63) is 0 Å². The Balaban J connectivity index is 0.00000169. The van der Waals surface area contributed by atoms with E-state index in [1.54, 1.807) is 0 Å². The van der Waals surface area contributed by atoms with Crippen LogP contribution in [-0.2, 0) is 9.53 Å². The van der Waals surface area contributed by atoms with Crippen LogP contribution in [0.25, 0.3) is 0 Å².